The van der Waals surface area contributed by atoms with Crippen LogP contribution in [0.3, 0.4) is 0 Å². The molecule has 1 N–H and O–H groups in total. The number of hydrogen-bond donors (Lipinski definition) is 1. The van der Waals surface area contributed by atoms with Crippen molar-refractivity contribution in [2.24, 2.45) is 5.41 Å². The number of imide groups is 1. The number of benzene rings is 1. The van der Waals surface area contributed by atoms with Crippen LogP contribution in [0.25, 0.3) is 0 Å². The Bertz CT molecular complexity index is 658. The van der Waals surface area contributed by atoms with E-state index in [-0.39, 0.29) is 11.1 Å². The van der Waals surface area contributed by atoms with Gasteiger partial charge in [-0.3, -0.25) is 14.4 Å². The first kappa shape index (κ1) is 14.2. The summed E-state index contributed by atoms with van der Waals surface area (Å²) in [6.07, 6.45) is 1.40. The van der Waals surface area contributed by atoms with Gasteiger partial charge in [-0.2, -0.15) is 0 Å². The SMILES string of the molecule is CNC(=O)C1(C(=O)ON2C(=O)c3ccccc3C2=O)CCC1. The first-order valence-corrected chi connectivity index (χ1v) is 6.93. The Morgan fingerprint density at radius 1 is 1.14 bits per heavy atom. The molecule has 0 radical (unpaired) electrons. The van der Waals surface area contributed by atoms with E-state index >= 15 is 0 Å². The molecular weight excluding hydrogens is 288 g/mol. The molecular formula is C15H14N2O5. The molecule has 1 fully saturated rings. The molecule has 0 saturated heterocycles. The Morgan fingerprint density at radius 2 is 1.68 bits per heavy atom. The standard InChI is InChI=1S/C15H14N2O5/c1-16-13(20)15(7-4-8-15)14(21)22-17-11(18)9-5-2-3-6-10(9)12(17)19/h2-3,5-6H,4,7-8H2,1H3,(H,16,20). The summed E-state index contributed by atoms with van der Waals surface area (Å²) < 4.78 is 0. The summed E-state index contributed by atoms with van der Waals surface area (Å²) in [5.41, 5.74) is -0.935. The molecule has 0 spiro atoms. The van der Waals surface area contributed by atoms with Crippen molar-refractivity contribution >= 4 is 23.7 Å². The van der Waals surface area contributed by atoms with Crippen LogP contribution in [0.15, 0.2) is 24.3 Å². The summed E-state index contributed by atoms with van der Waals surface area (Å²) in [4.78, 5) is 53.5. The van der Waals surface area contributed by atoms with Crippen molar-refractivity contribution in [3.05, 3.63) is 35.4 Å². The molecule has 22 heavy (non-hydrogen) atoms. The highest BCUT2D eigenvalue weighted by Gasteiger charge is 2.54. The molecule has 1 aromatic rings. The fraction of sp³-hybridized carbons (Fsp3) is 0.333. The fourth-order valence-electron chi connectivity index (χ4n) is 2.71. The lowest BCUT2D eigenvalue weighted by molar-refractivity contribution is -0.188. The van der Waals surface area contributed by atoms with E-state index in [2.05, 4.69) is 5.32 Å². The van der Waals surface area contributed by atoms with Gasteiger partial charge in [0.25, 0.3) is 11.8 Å². The van der Waals surface area contributed by atoms with Gasteiger partial charge in [0.05, 0.1) is 11.1 Å². The van der Waals surface area contributed by atoms with Gasteiger partial charge in [0.2, 0.25) is 5.91 Å². The van der Waals surface area contributed by atoms with Crippen LogP contribution in [-0.4, -0.2) is 35.8 Å². The second kappa shape index (κ2) is 4.94. The van der Waals surface area contributed by atoms with Gasteiger partial charge in [-0.1, -0.05) is 23.6 Å². The Labute approximate surface area is 126 Å². The highest BCUT2D eigenvalue weighted by atomic mass is 16.7. The van der Waals surface area contributed by atoms with Crippen molar-refractivity contribution < 1.29 is 24.0 Å². The van der Waals surface area contributed by atoms with Crippen LogP contribution in [0.4, 0.5) is 0 Å². The number of amides is 3. The number of nitrogens with zero attached hydrogens (tertiary/aromatic N) is 1. The molecule has 1 aliphatic heterocycles. The van der Waals surface area contributed by atoms with Crippen LogP contribution in [0.1, 0.15) is 40.0 Å². The number of carbonyl (C=O) groups excluding carboxylic acids is 4. The lowest BCUT2D eigenvalue weighted by Crippen LogP contribution is -2.52. The molecule has 3 amide bonds. The molecule has 1 aliphatic carbocycles. The van der Waals surface area contributed by atoms with Crippen LogP contribution >= 0.6 is 0 Å². The van der Waals surface area contributed by atoms with Gasteiger partial charge in [-0.15, -0.1) is 0 Å². The molecule has 7 heteroatoms. The minimum atomic E-state index is -1.30. The number of hydrogen-bond acceptors (Lipinski definition) is 5. The zero-order chi connectivity index (χ0) is 15.9. The average molecular weight is 302 g/mol. The third-order valence-corrected chi connectivity index (χ3v) is 4.19. The maximum Gasteiger partial charge on any atom is 0.348 e. The topological polar surface area (TPSA) is 92.8 Å². The molecule has 0 aromatic heterocycles. The average Bonchev–Trinajstić information content (AvgIpc) is 2.71. The number of carbonyl (C=O) groups is 4. The van der Waals surface area contributed by atoms with Gasteiger partial charge in [0, 0.05) is 7.05 Å². The van der Waals surface area contributed by atoms with Crippen LogP contribution in [0, 0.1) is 5.41 Å². The van der Waals surface area contributed by atoms with Crippen molar-refractivity contribution in [1.29, 1.82) is 0 Å². The first-order valence-electron chi connectivity index (χ1n) is 6.93. The summed E-state index contributed by atoms with van der Waals surface area (Å²) in [6, 6.07) is 6.21. The van der Waals surface area contributed by atoms with Gasteiger partial charge < -0.3 is 10.2 Å². The normalized spacial score (nSPS) is 18.5. The predicted octanol–water partition coefficient (Wildman–Crippen LogP) is 0.657. The summed E-state index contributed by atoms with van der Waals surface area (Å²) >= 11 is 0. The van der Waals surface area contributed by atoms with Crippen molar-refractivity contribution in [3.8, 4) is 0 Å². The molecule has 1 saturated carbocycles. The predicted molar refractivity (Wildman–Crippen MR) is 73.4 cm³/mol. The summed E-state index contributed by atoms with van der Waals surface area (Å²) in [7, 11) is 1.43. The Morgan fingerprint density at radius 3 is 2.09 bits per heavy atom. The van der Waals surface area contributed by atoms with Crippen molar-refractivity contribution in [3.63, 3.8) is 0 Å². The molecule has 1 aromatic carbocycles. The minimum absolute atomic E-state index is 0.183. The Hall–Kier alpha value is -2.70. The molecule has 3 rings (SSSR count). The molecule has 1 heterocycles. The quantitative estimate of drug-likeness (QED) is 0.654. The molecule has 0 unspecified atom stereocenters. The smallest absolute Gasteiger partial charge is 0.348 e. The lowest BCUT2D eigenvalue weighted by Gasteiger charge is -2.37. The maximum absolute atomic E-state index is 12.3. The monoisotopic (exact) mass is 302 g/mol. The van der Waals surface area contributed by atoms with E-state index in [1.165, 1.54) is 19.2 Å². The van der Waals surface area contributed by atoms with Crippen LogP contribution in [-0.2, 0) is 14.4 Å². The highest BCUT2D eigenvalue weighted by molar-refractivity contribution is 6.21. The van der Waals surface area contributed by atoms with E-state index in [1.54, 1.807) is 12.1 Å². The van der Waals surface area contributed by atoms with E-state index < -0.39 is 29.1 Å². The third-order valence-electron chi connectivity index (χ3n) is 4.19. The number of nitrogens with one attached hydrogen (secondary N) is 1. The second-order valence-corrected chi connectivity index (χ2v) is 5.34. The minimum Gasteiger partial charge on any atom is -0.358 e. The van der Waals surface area contributed by atoms with Gasteiger partial charge in [-0.05, 0) is 25.0 Å². The summed E-state index contributed by atoms with van der Waals surface area (Å²) in [6.45, 7) is 0. The van der Waals surface area contributed by atoms with Gasteiger partial charge in [0.1, 0.15) is 5.41 Å². The zero-order valence-electron chi connectivity index (χ0n) is 11.9. The largest absolute Gasteiger partial charge is 0.358 e. The number of fused-ring (bicyclic) bond motifs is 1. The molecule has 114 valence electrons. The number of hydroxylamine groups is 2. The van der Waals surface area contributed by atoms with Crippen LogP contribution < -0.4 is 5.32 Å². The Balaban J connectivity index is 1.83. The first-order chi connectivity index (χ1) is 10.5. The van der Waals surface area contributed by atoms with E-state index in [9.17, 15) is 19.2 Å². The summed E-state index contributed by atoms with van der Waals surface area (Å²) in [5, 5.41) is 2.87. The van der Waals surface area contributed by atoms with Gasteiger partial charge in [0.15, 0.2) is 0 Å². The lowest BCUT2D eigenvalue weighted by atomic mass is 9.68. The van der Waals surface area contributed by atoms with E-state index in [1.807, 2.05) is 0 Å². The van der Waals surface area contributed by atoms with E-state index in [0.29, 0.717) is 24.3 Å². The molecule has 7 nitrogen and oxygen atoms in total. The fourth-order valence-corrected chi connectivity index (χ4v) is 2.71. The molecule has 0 bridgehead atoms. The van der Waals surface area contributed by atoms with Crippen LogP contribution in [0.2, 0.25) is 0 Å². The summed E-state index contributed by atoms with van der Waals surface area (Å²) in [5.74, 6) is -2.71. The maximum atomic E-state index is 12.3. The highest BCUT2D eigenvalue weighted by Crippen LogP contribution is 2.42. The molecule has 2 aliphatic rings. The van der Waals surface area contributed by atoms with E-state index in [4.69, 9.17) is 4.84 Å². The van der Waals surface area contributed by atoms with Crippen molar-refractivity contribution in [2.75, 3.05) is 7.05 Å². The molecule has 0 atom stereocenters. The second-order valence-electron chi connectivity index (χ2n) is 5.34. The number of rotatable bonds is 3. The van der Waals surface area contributed by atoms with Crippen LogP contribution in [0.5, 0.6) is 0 Å². The Kier molecular flexibility index (Phi) is 3.20. The van der Waals surface area contributed by atoms with E-state index in [0.717, 1.165) is 0 Å². The zero-order valence-corrected chi connectivity index (χ0v) is 11.9. The van der Waals surface area contributed by atoms with Crippen molar-refractivity contribution in [1.82, 2.24) is 10.4 Å². The van der Waals surface area contributed by atoms with Crippen molar-refractivity contribution in [2.45, 2.75) is 19.3 Å². The third kappa shape index (κ3) is 1.82. The van der Waals surface area contributed by atoms with Gasteiger partial charge >= 0.3 is 5.97 Å². The van der Waals surface area contributed by atoms with Gasteiger partial charge in [-0.25, -0.2) is 4.79 Å².